The van der Waals surface area contributed by atoms with Crippen LogP contribution in [0.5, 0.6) is 0 Å². The minimum atomic E-state index is -1.01. The van der Waals surface area contributed by atoms with E-state index in [1.54, 1.807) is 18.6 Å². The van der Waals surface area contributed by atoms with Crippen LogP contribution in [0.1, 0.15) is 38.7 Å². The molecule has 6 nitrogen and oxygen atoms in total. The highest BCUT2D eigenvalue weighted by Crippen LogP contribution is 2.27. The number of hydrogen-bond acceptors (Lipinski definition) is 6. The summed E-state index contributed by atoms with van der Waals surface area (Å²) in [6, 6.07) is 2.72. The first-order valence-electron chi connectivity index (χ1n) is 8.39. The van der Waals surface area contributed by atoms with Crippen LogP contribution in [0.4, 0.5) is 0 Å². The molecule has 0 radical (unpaired) electrons. The molecule has 2 aliphatic rings. The molecule has 1 saturated carbocycles. The molecule has 0 spiro atoms. The average molecular weight is 346 g/mol. The fourth-order valence-corrected chi connectivity index (χ4v) is 3.61. The normalized spacial score (nSPS) is 21.5. The summed E-state index contributed by atoms with van der Waals surface area (Å²) in [5.74, 6) is 2.23. The van der Waals surface area contributed by atoms with Crippen LogP contribution in [0.15, 0.2) is 23.6 Å². The second-order valence-corrected chi connectivity index (χ2v) is 7.23. The topological polar surface area (TPSA) is 82.5 Å². The molecule has 2 aromatic rings. The van der Waals surface area contributed by atoms with Crippen LogP contribution in [0, 0.1) is 5.92 Å². The van der Waals surface area contributed by atoms with E-state index in [-0.39, 0.29) is 0 Å². The molecule has 4 rings (SSSR count). The number of nitrogens with one attached hydrogen (secondary N) is 2. The quantitative estimate of drug-likeness (QED) is 0.448. The SMILES string of the molecule is CCCSNC1CC(C)C1.OB1ON=Cc2c1cnc1[nH]ccc21. The number of oxime groups is 1. The molecule has 24 heavy (non-hydrogen) atoms. The lowest BCUT2D eigenvalue weighted by Gasteiger charge is -2.32. The third-order valence-corrected chi connectivity index (χ3v) is 5.31. The molecule has 0 aromatic carbocycles. The Hall–Kier alpha value is -1.51. The number of rotatable bonds is 4. The Kier molecular flexibility index (Phi) is 5.81. The molecule has 0 unspecified atom stereocenters. The van der Waals surface area contributed by atoms with Gasteiger partial charge in [0.1, 0.15) is 5.65 Å². The maximum Gasteiger partial charge on any atom is 0.585 e. The Balaban J connectivity index is 0.000000150. The summed E-state index contributed by atoms with van der Waals surface area (Å²) in [6.45, 7) is 4.54. The molecule has 0 saturated heterocycles. The predicted octanol–water partition coefficient (Wildman–Crippen LogP) is 2.05. The van der Waals surface area contributed by atoms with Gasteiger partial charge in [0.2, 0.25) is 0 Å². The van der Waals surface area contributed by atoms with Gasteiger partial charge < -0.3 is 14.8 Å². The lowest BCUT2D eigenvalue weighted by atomic mass is 9.77. The summed E-state index contributed by atoms with van der Waals surface area (Å²) < 4.78 is 8.17. The standard InChI is InChI=1S/C8H6BN3O2.C8H17NS/c13-9-7-4-11-8-5(1-2-10-8)6(7)3-12-14-9;1-3-4-10-9-8-5-7(2)6-8/h1-4,13H,(H,10,11);7-9H,3-6H2,1-2H3. The zero-order chi connectivity index (χ0) is 16.9. The minimum Gasteiger partial charge on any atom is -0.427 e. The number of aromatic amines is 1. The summed E-state index contributed by atoms with van der Waals surface area (Å²) in [4.78, 5) is 7.14. The van der Waals surface area contributed by atoms with E-state index in [1.165, 1.54) is 25.0 Å². The van der Waals surface area contributed by atoms with E-state index in [4.69, 9.17) is 4.76 Å². The minimum absolute atomic E-state index is 0.645. The van der Waals surface area contributed by atoms with Gasteiger partial charge in [0, 0.05) is 40.6 Å². The van der Waals surface area contributed by atoms with Crippen LogP contribution in [-0.4, -0.2) is 40.1 Å². The maximum absolute atomic E-state index is 9.47. The van der Waals surface area contributed by atoms with Gasteiger partial charge >= 0.3 is 7.12 Å². The number of fused-ring (bicyclic) bond motifs is 3. The fraction of sp³-hybridized carbons (Fsp3) is 0.500. The third-order valence-electron chi connectivity index (χ3n) is 4.20. The Labute approximate surface area is 146 Å². The van der Waals surface area contributed by atoms with Gasteiger partial charge in [-0.25, -0.2) is 4.98 Å². The summed E-state index contributed by atoms with van der Waals surface area (Å²) in [6.07, 6.45) is 9.02. The van der Waals surface area contributed by atoms with E-state index in [2.05, 4.69) is 33.7 Å². The first kappa shape index (κ1) is 17.3. The van der Waals surface area contributed by atoms with Crippen molar-refractivity contribution in [2.45, 2.75) is 39.2 Å². The molecule has 8 heteroatoms. The van der Waals surface area contributed by atoms with Crippen LogP contribution in [0.25, 0.3) is 11.0 Å². The number of nitrogens with zero attached hydrogens (tertiary/aromatic N) is 2. The Morgan fingerprint density at radius 2 is 2.33 bits per heavy atom. The molecule has 1 fully saturated rings. The van der Waals surface area contributed by atoms with Crippen molar-refractivity contribution in [1.82, 2.24) is 14.7 Å². The van der Waals surface area contributed by atoms with Crippen LogP contribution in [0.2, 0.25) is 0 Å². The van der Waals surface area contributed by atoms with E-state index in [1.807, 2.05) is 18.0 Å². The molecule has 1 aliphatic carbocycles. The van der Waals surface area contributed by atoms with Gasteiger partial charge in [0.25, 0.3) is 0 Å². The van der Waals surface area contributed by atoms with Crippen molar-refractivity contribution < 1.29 is 9.78 Å². The van der Waals surface area contributed by atoms with Crippen molar-refractivity contribution in [3.8, 4) is 0 Å². The van der Waals surface area contributed by atoms with E-state index < -0.39 is 7.12 Å². The summed E-state index contributed by atoms with van der Waals surface area (Å²) in [7, 11) is -1.01. The second kappa shape index (κ2) is 8.05. The summed E-state index contributed by atoms with van der Waals surface area (Å²) >= 11 is 1.89. The zero-order valence-corrected chi connectivity index (χ0v) is 14.8. The number of hydrogen-bond donors (Lipinski definition) is 3. The smallest absolute Gasteiger partial charge is 0.427 e. The molecule has 3 N–H and O–H groups in total. The lowest BCUT2D eigenvalue weighted by Crippen LogP contribution is -2.38. The molecular weight excluding hydrogens is 323 g/mol. The summed E-state index contributed by atoms with van der Waals surface area (Å²) in [5, 5.41) is 14.0. The van der Waals surface area contributed by atoms with E-state index >= 15 is 0 Å². The van der Waals surface area contributed by atoms with Crippen molar-refractivity contribution in [2.75, 3.05) is 5.75 Å². The molecule has 3 heterocycles. The van der Waals surface area contributed by atoms with E-state index in [0.29, 0.717) is 5.46 Å². The van der Waals surface area contributed by atoms with Crippen molar-refractivity contribution in [1.29, 1.82) is 0 Å². The summed E-state index contributed by atoms with van der Waals surface area (Å²) in [5.41, 5.74) is 2.28. The first-order chi connectivity index (χ1) is 11.7. The Bertz CT molecular complexity index is 702. The first-order valence-corrected chi connectivity index (χ1v) is 9.38. The van der Waals surface area contributed by atoms with E-state index in [9.17, 15) is 5.02 Å². The van der Waals surface area contributed by atoms with E-state index in [0.717, 1.165) is 28.6 Å². The van der Waals surface area contributed by atoms with Gasteiger partial charge in [0.05, 0.1) is 6.21 Å². The predicted molar refractivity (Wildman–Crippen MR) is 100 cm³/mol. The van der Waals surface area contributed by atoms with Gasteiger partial charge in [-0.2, -0.15) is 0 Å². The lowest BCUT2D eigenvalue weighted by molar-refractivity contribution is 0.275. The van der Waals surface area contributed by atoms with Gasteiger partial charge in [-0.1, -0.05) is 25.8 Å². The third kappa shape index (κ3) is 3.93. The highest BCUT2D eigenvalue weighted by atomic mass is 32.2. The van der Waals surface area contributed by atoms with Crippen LogP contribution >= 0.6 is 11.9 Å². The Morgan fingerprint density at radius 3 is 3.08 bits per heavy atom. The molecular formula is C16H23BN4O2S. The van der Waals surface area contributed by atoms with Crippen molar-refractivity contribution in [3.05, 3.63) is 24.0 Å². The van der Waals surface area contributed by atoms with Crippen molar-refractivity contribution in [2.24, 2.45) is 11.1 Å². The Morgan fingerprint density at radius 1 is 1.50 bits per heavy atom. The number of H-pyrrole nitrogens is 1. The highest BCUT2D eigenvalue weighted by molar-refractivity contribution is 7.97. The molecule has 0 amide bonds. The van der Waals surface area contributed by atoms with Crippen LogP contribution in [0.3, 0.4) is 0 Å². The number of aromatic nitrogens is 2. The molecule has 0 atom stereocenters. The fourth-order valence-electron chi connectivity index (χ4n) is 2.86. The molecule has 128 valence electrons. The van der Waals surface area contributed by atoms with Crippen LogP contribution < -0.4 is 10.2 Å². The van der Waals surface area contributed by atoms with Gasteiger partial charge in [-0.05, 0) is 31.2 Å². The zero-order valence-electron chi connectivity index (χ0n) is 14.0. The van der Waals surface area contributed by atoms with Gasteiger partial charge in [-0.3, -0.25) is 4.72 Å². The van der Waals surface area contributed by atoms with Crippen molar-refractivity contribution in [3.63, 3.8) is 0 Å². The molecule has 1 aliphatic heterocycles. The second-order valence-electron chi connectivity index (χ2n) is 6.30. The average Bonchev–Trinajstić information content (AvgIpc) is 3.03. The molecule has 2 aromatic heterocycles. The largest absolute Gasteiger partial charge is 0.585 e. The van der Waals surface area contributed by atoms with Gasteiger partial charge in [0.15, 0.2) is 0 Å². The monoisotopic (exact) mass is 346 g/mol. The van der Waals surface area contributed by atoms with Crippen molar-refractivity contribution >= 4 is 41.8 Å². The van der Waals surface area contributed by atoms with Crippen LogP contribution in [-0.2, 0) is 4.76 Å². The maximum atomic E-state index is 9.47. The van der Waals surface area contributed by atoms with Gasteiger partial charge in [-0.15, -0.1) is 5.16 Å². The highest BCUT2D eigenvalue weighted by Gasteiger charge is 2.27. The number of pyridine rings is 1. The molecule has 0 bridgehead atoms.